The van der Waals surface area contributed by atoms with Crippen LogP contribution in [0.4, 0.5) is 5.69 Å². The predicted octanol–water partition coefficient (Wildman–Crippen LogP) is 4.32. The van der Waals surface area contributed by atoms with E-state index in [9.17, 15) is 18.0 Å². The van der Waals surface area contributed by atoms with E-state index in [1.54, 1.807) is 50.2 Å². The van der Waals surface area contributed by atoms with Crippen molar-refractivity contribution in [1.29, 1.82) is 0 Å². The fourth-order valence-electron chi connectivity index (χ4n) is 3.56. The van der Waals surface area contributed by atoms with Crippen LogP contribution in [-0.4, -0.2) is 50.5 Å². The summed E-state index contributed by atoms with van der Waals surface area (Å²) >= 11 is 12.7. The van der Waals surface area contributed by atoms with E-state index >= 15 is 0 Å². The van der Waals surface area contributed by atoms with Gasteiger partial charge in [-0.2, -0.15) is 0 Å². The number of benzene rings is 2. The summed E-state index contributed by atoms with van der Waals surface area (Å²) in [5.41, 5.74) is 2.76. The second-order valence-corrected chi connectivity index (χ2v) is 10.8. The average Bonchev–Trinajstić information content (AvgIpc) is 2.75. The van der Waals surface area contributed by atoms with Gasteiger partial charge in [0.1, 0.15) is 12.6 Å². The van der Waals surface area contributed by atoms with Crippen LogP contribution < -0.4 is 9.62 Å². The van der Waals surface area contributed by atoms with Gasteiger partial charge in [-0.1, -0.05) is 42.3 Å². The highest BCUT2D eigenvalue weighted by Crippen LogP contribution is 2.28. The number of halogens is 2. The molecular weight excluding hydrogens is 497 g/mol. The van der Waals surface area contributed by atoms with E-state index in [1.165, 1.54) is 4.90 Å². The zero-order valence-electron chi connectivity index (χ0n) is 20.1. The Labute approximate surface area is 212 Å². The Bertz CT molecular complexity index is 1130. The third kappa shape index (κ3) is 6.87. The van der Waals surface area contributed by atoms with Crippen LogP contribution in [0.5, 0.6) is 0 Å². The van der Waals surface area contributed by atoms with Crippen molar-refractivity contribution < 1.29 is 18.0 Å². The first-order valence-corrected chi connectivity index (χ1v) is 13.6. The molecule has 186 valence electrons. The number of likely N-dealkylation sites (N-methyl/N-ethyl adjacent to an activating group) is 1. The summed E-state index contributed by atoms with van der Waals surface area (Å²) in [6.45, 7) is 7.23. The quantitative estimate of drug-likeness (QED) is 0.498. The fraction of sp³-hybridized carbons (Fsp3) is 0.417. The maximum atomic E-state index is 13.6. The summed E-state index contributed by atoms with van der Waals surface area (Å²) < 4.78 is 26.4. The summed E-state index contributed by atoms with van der Waals surface area (Å²) in [6.07, 6.45) is 1.37. The lowest BCUT2D eigenvalue weighted by molar-refractivity contribution is -0.140. The van der Waals surface area contributed by atoms with Crippen LogP contribution in [0, 0.1) is 13.8 Å². The molecule has 1 unspecified atom stereocenters. The summed E-state index contributed by atoms with van der Waals surface area (Å²) in [5, 5.41) is 3.45. The lowest BCUT2D eigenvalue weighted by Crippen LogP contribution is -2.52. The molecular formula is C24H31Cl2N3O4S. The zero-order chi connectivity index (χ0) is 25.6. The van der Waals surface area contributed by atoms with Crippen molar-refractivity contribution in [2.75, 3.05) is 23.7 Å². The first-order chi connectivity index (χ1) is 15.9. The molecule has 0 aliphatic heterocycles. The van der Waals surface area contributed by atoms with Crippen LogP contribution in [0.3, 0.4) is 0 Å². The lowest BCUT2D eigenvalue weighted by atomic mass is 10.1. The normalized spacial score (nSPS) is 12.2. The van der Waals surface area contributed by atoms with Gasteiger partial charge in [0.05, 0.1) is 11.9 Å². The van der Waals surface area contributed by atoms with Crippen LogP contribution in [0.1, 0.15) is 37.0 Å². The van der Waals surface area contributed by atoms with Crippen LogP contribution in [0.2, 0.25) is 10.0 Å². The van der Waals surface area contributed by atoms with E-state index in [2.05, 4.69) is 5.32 Å². The van der Waals surface area contributed by atoms with Crippen molar-refractivity contribution in [3.63, 3.8) is 0 Å². The second-order valence-electron chi connectivity index (χ2n) is 8.08. The Kier molecular flexibility index (Phi) is 9.79. The van der Waals surface area contributed by atoms with E-state index in [4.69, 9.17) is 23.2 Å². The lowest BCUT2D eigenvalue weighted by Gasteiger charge is -2.33. The number of rotatable bonds is 10. The van der Waals surface area contributed by atoms with Crippen molar-refractivity contribution in [1.82, 2.24) is 10.2 Å². The van der Waals surface area contributed by atoms with Gasteiger partial charge >= 0.3 is 0 Å². The molecule has 0 saturated heterocycles. The van der Waals surface area contributed by atoms with Gasteiger partial charge in [0.2, 0.25) is 21.8 Å². The Morgan fingerprint density at radius 1 is 1.03 bits per heavy atom. The molecule has 0 heterocycles. The van der Waals surface area contributed by atoms with Gasteiger partial charge in [0, 0.05) is 28.7 Å². The third-order valence-corrected chi connectivity index (χ3v) is 7.43. The molecule has 2 amide bonds. The van der Waals surface area contributed by atoms with Gasteiger partial charge < -0.3 is 10.2 Å². The number of hydrogen-bond acceptors (Lipinski definition) is 4. The number of aryl methyl sites for hydroxylation is 2. The van der Waals surface area contributed by atoms with Crippen LogP contribution in [0.25, 0.3) is 0 Å². The van der Waals surface area contributed by atoms with E-state index in [-0.39, 0.29) is 12.5 Å². The SMILES string of the molecule is CCNC(=O)C(CC)N(Cc1c(Cl)cccc1Cl)C(=O)CN(c1ccc(C)c(C)c1)S(C)(=O)=O. The van der Waals surface area contributed by atoms with Gasteiger partial charge in [-0.05, 0) is 62.6 Å². The third-order valence-electron chi connectivity index (χ3n) is 5.58. The molecule has 2 rings (SSSR count). The van der Waals surface area contributed by atoms with Crippen molar-refractivity contribution in [3.05, 3.63) is 63.1 Å². The minimum Gasteiger partial charge on any atom is -0.355 e. The van der Waals surface area contributed by atoms with Crippen LogP contribution >= 0.6 is 23.2 Å². The highest BCUT2D eigenvalue weighted by atomic mass is 35.5. The minimum atomic E-state index is -3.80. The van der Waals surface area contributed by atoms with E-state index in [1.807, 2.05) is 13.8 Å². The molecule has 1 atom stereocenters. The van der Waals surface area contributed by atoms with Gasteiger partial charge in [-0.15, -0.1) is 0 Å². The molecule has 0 bridgehead atoms. The Hall–Kier alpha value is -2.29. The number of carbonyl (C=O) groups is 2. The van der Waals surface area contributed by atoms with E-state index < -0.39 is 28.5 Å². The maximum Gasteiger partial charge on any atom is 0.244 e. The Morgan fingerprint density at radius 3 is 2.15 bits per heavy atom. The topological polar surface area (TPSA) is 86.8 Å². The molecule has 0 spiro atoms. The number of nitrogens with zero attached hydrogens (tertiary/aromatic N) is 2. The molecule has 7 nitrogen and oxygen atoms in total. The standard InChI is InChI=1S/C24H31Cl2N3O4S/c1-6-22(24(31)27-7-2)28(14-19-20(25)9-8-10-21(19)26)23(30)15-29(34(5,32)33)18-12-11-16(3)17(4)13-18/h8-13,22H,6-7,14-15H2,1-5H3,(H,27,31). The number of nitrogens with one attached hydrogen (secondary N) is 1. The summed E-state index contributed by atoms with van der Waals surface area (Å²) in [7, 11) is -3.80. The Morgan fingerprint density at radius 2 is 1.65 bits per heavy atom. The maximum absolute atomic E-state index is 13.6. The Balaban J connectivity index is 2.51. The molecule has 2 aromatic carbocycles. The summed E-state index contributed by atoms with van der Waals surface area (Å²) in [4.78, 5) is 27.8. The summed E-state index contributed by atoms with van der Waals surface area (Å²) in [5.74, 6) is -0.878. The predicted molar refractivity (Wildman–Crippen MR) is 138 cm³/mol. The molecule has 0 saturated carbocycles. The van der Waals surface area contributed by atoms with Gasteiger partial charge in [0.25, 0.3) is 0 Å². The molecule has 2 aromatic rings. The highest BCUT2D eigenvalue weighted by Gasteiger charge is 2.32. The van der Waals surface area contributed by atoms with Crippen molar-refractivity contribution in [2.24, 2.45) is 0 Å². The fourth-order valence-corrected chi connectivity index (χ4v) is 4.92. The molecule has 0 aromatic heterocycles. The number of sulfonamides is 1. The average molecular weight is 529 g/mol. The molecule has 0 aliphatic rings. The van der Waals surface area contributed by atoms with Gasteiger partial charge in [0.15, 0.2) is 0 Å². The van der Waals surface area contributed by atoms with Crippen LogP contribution in [-0.2, 0) is 26.2 Å². The van der Waals surface area contributed by atoms with Crippen LogP contribution in [0.15, 0.2) is 36.4 Å². The molecule has 0 aliphatic carbocycles. The smallest absolute Gasteiger partial charge is 0.244 e. The zero-order valence-corrected chi connectivity index (χ0v) is 22.4. The summed E-state index contributed by atoms with van der Waals surface area (Å²) in [6, 6.07) is 9.34. The number of hydrogen-bond donors (Lipinski definition) is 1. The number of anilines is 1. The van der Waals surface area contributed by atoms with E-state index in [0.29, 0.717) is 34.3 Å². The number of carbonyl (C=O) groups excluding carboxylic acids is 2. The first-order valence-electron chi connectivity index (χ1n) is 11.0. The molecule has 34 heavy (non-hydrogen) atoms. The molecule has 10 heteroatoms. The van der Waals surface area contributed by atoms with Crippen molar-refractivity contribution >= 4 is 50.7 Å². The monoisotopic (exact) mass is 527 g/mol. The highest BCUT2D eigenvalue weighted by molar-refractivity contribution is 7.92. The van der Waals surface area contributed by atoms with Crippen molar-refractivity contribution in [3.8, 4) is 0 Å². The first kappa shape index (κ1) is 28.0. The molecule has 0 radical (unpaired) electrons. The second kappa shape index (κ2) is 11.9. The molecule has 0 fully saturated rings. The van der Waals surface area contributed by atoms with Gasteiger partial charge in [-0.3, -0.25) is 13.9 Å². The van der Waals surface area contributed by atoms with Crippen molar-refractivity contribution in [2.45, 2.75) is 46.7 Å². The van der Waals surface area contributed by atoms with E-state index in [0.717, 1.165) is 21.7 Å². The minimum absolute atomic E-state index is 0.0441. The largest absolute Gasteiger partial charge is 0.355 e. The number of amides is 2. The molecule has 1 N–H and O–H groups in total. The van der Waals surface area contributed by atoms with Gasteiger partial charge in [-0.25, -0.2) is 8.42 Å².